The van der Waals surface area contributed by atoms with Crippen molar-refractivity contribution in [2.75, 3.05) is 26.3 Å². The first-order chi connectivity index (χ1) is 11.6. The summed E-state index contributed by atoms with van der Waals surface area (Å²) in [6.07, 6.45) is 9.28. The molecule has 0 aromatic carbocycles. The van der Waals surface area contributed by atoms with Crippen LogP contribution in [0.4, 0.5) is 0 Å². The summed E-state index contributed by atoms with van der Waals surface area (Å²) < 4.78 is 0. The maximum absolute atomic E-state index is 12.4. The molecule has 7 heteroatoms. The number of carboxylic acid groups (broad SMARTS) is 1. The van der Waals surface area contributed by atoms with Crippen molar-refractivity contribution in [3.05, 3.63) is 0 Å². The second-order valence-corrected chi connectivity index (χ2v) is 6.31. The van der Waals surface area contributed by atoms with Crippen LogP contribution in [0, 0.1) is 5.92 Å². The van der Waals surface area contributed by atoms with E-state index in [1.165, 1.54) is 37.0 Å². The molecule has 0 bridgehead atoms. The van der Waals surface area contributed by atoms with E-state index in [0.717, 1.165) is 19.3 Å². The summed E-state index contributed by atoms with van der Waals surface area (Å²) in [6.45, 7) is 2.00. The van der Waals surface area contributed by atoms with Crippen LogP contribution in [0.5, 0.6) is 0 Å². The van der Waals surface area contributed by atoms with Crippen LogP contribution in [0.3, 0.4) is 0 Å². The van der Waals surface area contributed by atoms with Crippen LogP contribution in [0.25, 0.3) is 0 Å². The van der Waals surface area contributed by atoms with Crippen LogP contribution in [-0.4, -0.2) is 53.3 Å². The van der Waals surface area contributed by atoms with E-state index < -0.39 is 11.9 Å². The Labute approximate surface area is 194 Å². The number of aliphatic carboxylic acids is 1. The van der Waals surface area contributed by atoms with Crippen LogP contribution >= 0.6 is 0 Å². The average Bonchev–Trinajstić information content (AvgIpc) is 2.55. The molecule has 142 valence electrons. The smallest absolute Gasteiger partial charge is 0.550 e. The van der Waals surface area contributed by atoms with Gasteiger partial charge in [0.15, 0.2) is 0 Å². The summed E-state index contributed by atoms with van der Waals surface area (Å²) in [5.74, 6) is -2.18. The molecular formula is C18H34KNO5. The normalized spacial score (nSPS) is 11.6. The van der Waals surface area contributed by atoms with E-state index in [1.807, 2.05) is 0 Å². The Kier molecular flexibility index (Phi) is 21.4. The van der Waals surface area contributed by atoms with Gasteiger partial charge < -0.3 is 25.0 Å². The third kappa shape index (κ3) is 15.3. The second-order valence-electron chi connectivity index (χ2n) is 6.31. The molecule has 0 aliphatic rings. The summed E-state index contributed by atoms with van der Waals surface area (Å²) in [7, 11) is 0. The topological polar surface area (TPSA) is 101 Å². The average molecular weight is 384 g/mol. The standard InChI is InChI=1S/C18H35NO5.K/c1-2-3-4-5-6-7-8-9-10-16(15-17(22)23)18(24)19(11-13-20)12-14-21;/h16,20-21H,2-15H2,1H3,(H,22,23);/q;+1/p-1. The minimum Gasteiger partial charge on any atom is -0.550 e. The van der Waals surface area contributed by atoms with Gasteiger partial charge in [-0.05, 0) is 12.8 Å². The van der Waals surface area contributed by atoms with Crippen LogP contribution in [0.15, 0.2) is 0 Å². The molecule has 0 rings (SSSR count). The molecule has 0 aliphatic carbocycles. The van der Waals surface area contributed by atoms with Crippen molar-refractivity contribution in [2.45, 2.75) is 71.1 Å². The third-order valence-electron chi connectivity index (χ3n) is 4.22. The van der Waals surface area contributed by atoms with Gasteiger partial charge in [0.05, 0.1) is 13.2 Å². The Bertz CT molecular complexity index is 335. The van der Waals surface area contributed by atoms with Gasteiger partial charge in [-0.25, -0.2) is 0 Å². The minimum atomic E-state index is -1.24. The van der Waals surface area contributed by atoms with Gasteiger partial charge in [-0.15, -0.1) is 0 Å². The minimum absolute atomic E-state index is 0. The van der Waals surface area contributed by atoms with E-state index in [4.69, 9.17) is 10.2 Å². The van der Waals surface area contributed by atoms with Crippen molar-refractivity contribution in [3.8, 4) is 0 Å². The molecule has 0 heterocycles. The van der Waals surface area contributed by atoms with Crippen molar-refractivity contribution in [2.24, 2.45) is 5.92 Å². The number of rotatable bonds is 16. The number of carbonyl (C=O) groups is 2. The number of carboxylic acids is 1. The number of carbonyl (C=O) groups excluding carboxylic acids is 2. The molecule has 0 saturated heterocycles. The maximum atomic E-state index is 12.4. The SMILES string of the molecule is CCCCCCCCCCC(CC(=O)[O-])C(=O)N(CCO)CCO.[K+]. The molecule has 1 atom stereocenters. The number of aliphatic hydroxyl groups excluding tert-OH is 2. The molecule has 1 amide bonds. The van der Waals surface area contributed by atoms with E-state index in [1.54, 1.807) is 0 Å². The molecule has 1 unspecified atom stereocenters. The molecule has 0 spiro atoms. The summed E-state index contributed by atoms with van der Waals surface area (Å²) in [4.78, 5) is 24.6. The van der Waals surface area contributed by atoms with Crippen LogP contribution in [0.1, 0.15) is 71.1 Å². The largest absolute Gasteiger partial charge is 1.00 e. The van der Waals surface area contributed by atoms with Gasteiger partial charge >= 0.3 is 51.4 Å². The molecular weight excluding hydrogens is 349 g/mol. The molecule has 0 aromatic rings. The van der Waals surface area contributed by atoms with Gasteiger partial charge in [0.2, 0.25) is 5.91 Å². The zero-order valence-corrected chi connectivity index (χ0v) is 19.2. The summed E-state index contributed by atoms with van der Waals surface area (Å²) in [6, 6.07) is 0. The van der Waals surface area contributed by atoms with Gasteiger partial charge in [-0.1, -0.05) is 58.3 Å². The Morgan fingerprint density at radius 1 is 0.920 bits per heavy atom. The van der Waals surface area contributed by atoms with E-state index in [-0.39, 0.29) is 90.0 Å². The first kappa shape index (κ1) is 27.7. The Balaban J connectivity index is 0. The van der Waals surface area contributed by atoms with Gasteiger partial charge in [0.25, 0.3) is 0 Å². The van der Waals surface area contributed by atoms with Gasteiger partial charge in [-0.2, -0.15) is 0 Å². The van der Waals surface area contributed by atoms with Crippen LogP contribution < -0.4 is 56.5 Å². The fourth-order valence-electron chi connectivity index (χ4n) is 2.87. The van der Waals surface area contributed by atoms with E-state index in [2.05, 4.69) is 6.92 Å². The zero-order chi connectivity index (χ0) is 18.2. The number of aliphatic hydroxyl groups is 2. The molecule has 0 fully saturated rings. The number of nitrogens with zero attached hydrogens (tertiary/aromatic N) is 1. The first-order valence-corrected chi connectivity index (χ1v) is 9.27. The van der Waals surface area contributed by atoms with Gasteiger partial charge in [-0.3, -0.25) is 4.79 Å². The quantitative estimate of drug-likeness (QED) is 0.239. The van der Waals surface area contributed by atoms with Crippen LogP contribution in [0.2, 0.25) is 0 Å². The van der Waals surface area contributed by atoms with E-state index in [9.17, 15) is 14.7 Å². The fourth-order valence-corrected chi connectivity index (χ4v) is 2.87. The number of amides is 1. The fraction of sp³-hybridized carbons (Fsp3) is 0.889. The van der Waals surface area contributed by atoms with E-state index >= 15 is 0 Å². The number of hydrogen-bond donors (Lipinski definition) is 2. The monoisotopic (exact) mass is 383 g/mol. The summed E-state index contributed by atoms with van der Waals surface area (Å²) in [5, 5.41) is 28.9. The van der Waals surface area contributed by atoms with Gasteiger partial charge in [0.1, 0.15) is 0 Å². The van der Waals surface area contributed by atoms with Crippen molar-refractivity contribution >= 4 is 11.9 Å². The van der Waals surface area contributed by atoms with E-state index in [0.29, 0.717) is 6.42 Å². The molecule has 0 radical (unpaired) electrons. The summed E-state index contributed by atoms with van der Waals surface area (Å²) in [5.41, 5.74) is 0. The third-order valence-corrected chi connectivity index (χ3v) is 4.22. The Morgan fingerprint density at radius 2 is 1.40 bits per heavy atom. The maximum Gasteiger partial charge on any atom is 1.00 e. The molecule has 25 heavy (non-hydrogen) atoms. The predicted octanol–water partition coefficient (Wildman–Crippen LogP) is -1.91. The first-order valence-electron chi connectivity index (χ1n) is 9.27. The van der Waals surface area contributed by atoms with Gasteiger partial charge in [0, 0.05) is 25.0 Å². The second kappa shape index (κ2) is 19.3. The van der Waals surface area contributed by atoms with Crippen molar-refractivity contribution in [1.82, 2.24) is 4.90 Å². The molecule has 2 N–H and O–H groups in total. The summed E-state index contributed by atoms with van der Waals surface area (Å²) >= 11 is 0. The van der Waals surface area contributed by atoms with Crippen molar-refractivity contribution < 1.29 is 76.3 Å². The predicted molar refractivity (Wildman–Crippen MR) is 91.1 cm³/mol. The van der Waals surface area contributed by atoms with Crippen molar-refractivity contribution in [1.29, 1.82) is 0 Å². The Morgan fingerprint density at radius 3 is 1.84 bits per heavy atom. The number of unbranched alkanes of at least 4 members (excludes halogenated alkanes) is 7. The molecule has 0 aliphatic heterocycles. The molecule has 6 nitrogen and oxygen atoms in total. The molecule has 0 saturated carbocycles. The van der Waals surface area contributed by atoms with Crippen LogP contribution in [-0.2, 0) is 9.59 Å². The Hall–Kier alpha value is 0.496. The number of hydrogen-bond acceptors (Lipinski definition) is 5. The van der Waals surface area contributed by atoms with Crippen molar-refractivity contribution in [3.63, 3.8) is 0 Å². The molecule has 0 aromatic heterocycles. The zero-order valence-electron chi connectivity index (χ0n) is 16.0.